The van der Waals surface area contributed by atoms with Crippen molar-refractivity contribution >= 4 is 22.6 Å². The van der Waals surface area contributed by atoms with Crippen molar-refractivity contribution in [1.29, 1.82) is 0 Å². The third-order valence-electron chi connectivity index (χ3n) is 12.6. The summed E-state index contributed by atoms with van der Waals surface area (Å²) in [5, 5.41) is 5.21. The Bertz CT molecular complexity index is 1270. The zero-order chi connectivity index (χ0) is 28.8. The SMILES string of the molecule is CC(C)CCC[C@H](C)[C@@H]1CC[C@@H]2[C@H]3CC=C4C[C@@H](OC(=O)Nc5cccc6ccccc56)CC[C@]4(C)[C@@H]3CC[C@]21C. The third-order valence-corrected chi connectivity index (χ3v) is 12.6. The predicted octanol–water partition coefficient (Wildman–Crippen LogP) is 10.8. The average Bonchev–Trinajstić information content (AvgIpc) is 3.30. The number of carbonyl (C=O) groups is 1. The summed E-state index contributed by atoms with van der Waals surface area (Å²) >= 11 is 0. The van der Waals surface area contributed by atoms with E-state index in [1.165, 1.54) is 51.4 Å². The Morgan fingerprint density at radius 2 is 1.76 bits per heavy atom. The predicted molar refractivity (Wildman–Crippen MR) is 171 cm³/mol. The number of allylic oxidation sites excluding steroid dienone is 1. The number of benzene rings is 2. The Morgan fingerprint density at radius 3 is 2.59 bits per heavy atom. The molecule has 0 aliphatic heterocycles. The molecule has 3 saturated carbocycles. The number of hydrogen-bond acceptors (Lipinski definition) is 2. The molecule has 0 spiro atoms. The minimum Gasteiger partial charge on any atom is -0.446 e. The van der Waals surface area contributed by atoms with Gasteiger partial charge in [-0.1, -0.05) is 102 Å². The van der Waals surface area contributed by atoms with Gasteiger partial charge in [0.15, 0.2) is 0 Å². The normalized spacial score (nSPS) is 35.3. The molecule has 6 rings (SSSR count). The van der Waals surface area contributed by atoms with Crippen LogP contribution in [0.4, 0.5) is 10.5 Å². The summed E-state index contributed by atoms with van der Waals surface area (Å²) in [6.07, 6.45) is 16.4. The third kappa shape index (κ3) is 5.36. The molecule has 0 aromatic heterocycles. The maximum atomic E-state index is 13.0. The highest BCUT2D eigenvalue weighted by Crippen LogP contribution is 2.67. The van der Waals surface area contributed by atoms with Crippen LogP contribution < -0.4 is 5.32 Å². The highest BCUT2D eigenvalue weighted by Gasteiger charge is 2.59. The first-order valence-electron chi connectivity index (χ1n) is 16.8. The second kappa shape index (κ2) is 11.4. The van der Waals surface area contributed by atoms with Gasteiger partial charge in [0.05, 0.1) is 5.69 Å². The van der Waals surface area contributed by atoms with Gasteiger partial charge in [-0.2, -0.15) is 0 Å². The number of rotatable bonds is 7. The molecule has 4 aliphatic rings. The van der Waals surface area contributed by atoms with E-state index in [-0.39, 0.29) is 17.6 Å². The van der Waals surface area contributed by atoms with Gasteiger partial charge in [0, 0.05) is 11.8 Å². The van der Waals surface area contributed by atoms with E-state index in [0.717, 1.165) is 71.2 Å². The van der Waals surface area contributed by atoms with Crippen LogP contribution in [0, 0.1) is 46.3 Å². The molecule has 0 heterocycles. The summed E-state index contributed by atoms with van der Waals surface area (Å²) in [4.78, 5) is 13.0. The fraction of sp³-hybridized carbons (Fsp3) is 0.658. The first-order valence-corrected chi connectivity index (χ1v) is 16.8. The zero-order valence-electron chi connectivity index (χ0n) is 26.3. The van der Waals surface area contributed by atoms with Gasteiger partial charge in [0.2, 0.25) is 0 Å². The zero-order valence-corrected chi connectivity index (χ0v) is 26.3. The summed E-state index contributed by atoms with van der Waals surface area (Å²) in [6, 6.07) is 14.2. The van der Waals surface area contributed by atoms with E-state index in [9.17, 15) is 4.79 Å². The Balaban J connectivity index is 1.10. The van der Waals surface area contributed by atoms with Crippen LogP contribution in [0.2, 0.25) is 0 Å². The fourth-order valence-corrected chi connectivity index (χ4v) is 10.4. The summed E-state index contributed by atoms with van der Waals surface area (Å²) in [5.74, 6) is 5.10. The number of anilines is 1. The van der Waals surface area contributed by atoms with E-state index < -0.39 is 0 Å². The Kier molecular flexibility index (Phi) is 8.02. The molecule has 3 fully saturated rings. The topological polar surface area (TPSA) is 38.3 Å². The lowest BCUT2D eigenvalue weighted by atomic mass is 9.47. The molecule has 2 aromatic carbocycles. The molecule has 0 unspecified atom stereocenters. The van der Waals surface area contributed by atoms with Crippen LogP contribution in [0.1, 0.15) is 105 Å². The van der Waals surface area contributed by atoms with E-state index in [1.54, 1.807) is 5.57 Å². The molecule has 0 radical (unpaired) electrons. The maximum Gasteiger partial charge on any atom is 0.411 e. The molecule has 3 heteroatoms. The van der Waals surface area contributed by atoms with Gasteiger partial charge in [-0.25, -0.2) is 4.79 Å². The number of amides is 1. The number of carbonyl (C=O) groups excluding carboxylic acids is 1. The molecule has 4 aliphatic carbocycles. The largest absolute Gasteiger partial charge is 0.446 e. The summed E-state index contributed by atoms with van der Waals surface area (Å²) in [5.41, 5.74) is 3.20. The molecular formula is C38H53NO2. The molecule has 222 valence electrons. The van der Waals surface area contributed by atoms with E-state index in [1.807, 2.05) is 24.3 Å². The molecule has 41 heavy (non-hydrogen) atoms. The van der Waals surface area contributed by atoms with Gasteiger partial charge in [0.25, 0.3) is 0 Å². The van der Waals surface area contributed by atoms with Crippen molar-refractivity contribution in [2.45, 2.75) is 111 Å². The minimum absolute atomic E-state index is 0.0303. The molecule has 2 aromatic rings. The second-order valence-electron chi connectivity index (χ2n) is 15.2. The summed E-state index contributed by atoms with van der Waals surface area (Å²) in [7, 11) is 0. The van der Waals surface area contributed by atoms with Gasteiger partial charge in [0.1, 0.15) is 6.10 Å². The van der Waals surface area contributed by atoms with Crippen LogP contribution in [0.3, 0.4) is 0 Å². The molecule has 0 bridgehead atoms. The van der Waals surface area contributed by atoms with E-state index in [0.29, 0.717) is 5.41 Å². The fourth-order valence-electron chi connectivity index (χ4n) is 10.4. The van der Waals surface area contributed by atoms with Crippen LogP contribution in [-0.4, -0.2) is 12.2 Å². The van der Waals surface area contributed by atoms with Crippen LogP contribution in [0.5, 0.6) is 0 Å². The highest BCUT2D eigenvalue weighted by atomic mass is 16.6. The first-order chi connectivity index (χ1) is 19.7. The van der Waals surface area contributed by atoms with Crippen molar-refractivity contribution in [1.82, 2.24) is 0 Å². The summed E-state index contributed by atoms with van der Waals surface area (Å²) < 4.78 is 6.06. The van der Waals surface area contributed by atoms with E-state index in [2.05, 4.69) is 64.2 Å². The molecule has 1 amide bonds. The molecule has 8 atom stereocenters. The minimum atomic E-state index is -0.322. The smallest absolute Gasteiger partial charge is 0.411 e. The summed E-state index contributed by atoms with van der Waals surface area (Å²) in [6.45, 7) is 12.6. The van der Waals surface area contributed by atoms with Gasteiger partial charge in [-0.15, -0.1) is 0 Å². The van der Waals surface area contributed by atoms with Gasteiger partial charge in [-0.3, -0.25) is 5.32 Å². The average molecular weight is 556 g/mol. The van der Waals surface area contributed by atoms with Crippen molar-refractivity contribution < 1.29 is 9.53 Å². The molecule has 3 nitrogen and oxygen atoms in total. The van der Waals surface area contributed by atoms with Crippen molar-refractivity contribution in [3.8, 4) is 0 Å². The van der Waals surface area contributed by atoms with Crippen LogP contribution >= 0.6 is 0 Å². The lowest BCUT2D eigenvalue weighted by Crippen LogP contribution is -2.51. The highest BCUT2D eigenvalue weighted by molar-refractivity contribution is 6.00. The second-order valence-corrected chi connectivity index (χ2v) is 15.2. The lowest BCUT2D eigenvalue weighted by molar-refractivity contribution is -0.0577. The first kappa shape index (κ1) is 28.8. The van der Waals surface area contributed by atoms with Crippen LogP contribution in [0.25, 0.3) is 10.8 Å². The Labute approximate surface area is 248 Å². The monoisotopic (exact) mass is 555 g/mol. The van der Waals surface area contributed by atoms with Crippen molar-refractivity contribution in [2.24, 2.45) is 46.3 Å². The van der Waals surface area contributed by atoms with Gasteiger partial charge < -0.3 is 4.74 Å². The lowest BCUT2D eigenvalue weighted by Gasteiger charge is -2.58. The quantitative estimate of drug-likeness (QED) is 0.345. The van der Waals surface area contributed by atoms with E-state index in [4.69, 9.17) is 4.74 Å². The molecule has 0 saturated heterocycles. The number of ether oxygens (including phenoxy) is 1. The van der Waals surface area contributed by atoms with E-state index >= 15 is 0 Å². The maximum absolute atomic E-state index is 13.0. The molecular weight excluding hydrogens is 502 g/mol. The van der Waals surface area contributed by atoms with Crippen molar-refractivity contribution in [3.63, 3.8) is 0 Å². The van der Waals surface area contributed by atoms with Crippen molar-refractivity contribution in [3.05, 3.63) is 54.1 Å². The molecule has 1 N–H and O–H groups in total. The van der Waals surface area contributed by atoms with Crippen LogP contribution in [-0.2, 0) is 4.74 Å². The number of nitrogens with one attached hydrogen (secondary N) is 1. The Morgan fingerprint density at radius 1 is 0.951 bits per heavy atom. The van der Waals surface area contributed by atoms with Gasteiger partial charge >= 0.3 is 6.09 Å². The van der Waals surface area contributed by atoms with Crippen molar-refractivity contribution in [2.75, 3.05) is 5.32 Å². The Hall–Kier alpha value is -2.29. The number of fused-ring (bicyclic) bond motifs is 6. The van der Waals surface area contributed by atoms with Gasteiger partial charge in [-0.05, 0) is 103 Å². The number of hydrogen-bond donors (Lipinski definition) is 1. The van der Waals surface area contributed by atoms with Crippen LogP contribution in [0.15, 0.2) is 54.1 Å². The standard InChI is InChI=1S/C38H53NO2/c1-25(2)10-8-11-26(3)32-18-19-33-31-17-16-28-24-29(20-22-37(28,4)34(31)21-23-38(32,33)5)41-36(40)39-35-15-9-13-27-12-6-7-14-30(27)35/h6-7,9,12-16,25-26,29,31-34H,8,10-11,17-24H2,1-5H3,(H,39,40)/t26-,29-,31+,32-,33+,34+,37-,38-/m0/s1.